The summed E-state index contributed by atoms with van der Waals surface area (Å²) in [7, 11) is 0. The van der Waals surface area contributed by atoms with Crippen LogP contribution in [0.3, 0.4) is 0 Å². The van der Waals surface area contributed by atoms with E-state index in [4.69, 9.17) is 5.73 Å². The van der Waals surface area contributed by atoms with E-state index in [1.165, 1.54) is 18.3 Å². The summed E-state index contributed by atoms with van der Waals surface area (Å²) in [4.78, 5) is 17.8. The molecular formula is C11H8BrF3N4O. The van der Waals surface area contributed by atoms with Gasteiger partial charge in [0.05, 0.1) is 11.8 Å². The first-order valence-electron chi connectivity index (χ1n) is 5.26. The van der Waals surface area contributed by atoms with Gasteiger partial charge in [0.15, 0.2) is 5.95 Å². The molecule has 0 spiro atoms. The number of nitrogens with one attached hydrogen (secondary N) is 2. The molecule has 2 aromatic rings. The Morgan fingerprint density at radius 2 is 2.10 bits per heavy atom. The number of benzene rings is 1. The van der Waals surface area contributed by atoms with E-state index in [-0.39, 0.29) is 21.8 Å². The van der Waals surface area contributed by atoms with E-state index in [0.29, 0.717) is 0 Å². The molecule has 1 aromatic carbocycles. The molecule has 2 rings (SSSR count). The maximum absolute atomic E-state index is 12.7. The lowest BCUT2D eigenvalue weighted by atomic mass is 10.2. The van der Waals surface area contributed by atoms with Crippen LogP contribution < -0.4 is 11.1 Å². The Kier molecular flexibility index (Phi) is 3.71. The molecule has 0 bridgehead atoms. The summed E-state index contributed by atoms with van der Waals surface area (Å²) in [6, 6.07) is 3.39. The maximum Gasteiger partial charge on any atom is 0.417 e. The number of aromatic amines is 1. The van der Waals surface area contributed by atoms with Gasteiger partial charge in [0.25, 0.3) is 5.91 Å². The summed E-state index contributed by atoms with van der Waals surface area (Å²) < 4.78 is 38.0. The first kappa shape index (κ1) is 14.4. The van der Waals surface area contributed by atoms with Gasteiger partial charge in [0, 0.05) is 10.2 Å². The number of hydrogen-bond acceptors (Lipinski definition) is 3. The van der Waals surface area contributed by atoms with Crippen LogP contribution in [-0.2, 0) is 6.18 Å². The molecule has 0 aliphatic rings. The number of rotatable bonds is 2. The van der Waals surface area contributed by atoms with Crippen molar-refractivity contribution in [1.29, 1.82) is 0 Å². The topological polar surface area (TPSA) is 83.8 Å². The Labute approximate surface area is 119 Å². The van der Waals surface area contributed by atoms with Gasteiger partial charge in [-0.2, -0.15) is 13.2 Å². The summed E-state index contributed by atoms with van der Waals surface area (Å²) >= 11 is 2.82. The minimum absolute atomic E-state index is 0.0127. The highest BCUT2D eigenvalue weighted by Gasteiger charge is 2.33. The molecule has 5 nitrogen and oxygen atoms in total. The van der Waals surface area contributed by atoms with E-state index in [1.807, 2.05) is 0 Å². The molecule has 1 amide bonds. The predicted molar refractivity (Wildman–Crippen MR) is 70.1 cm³/mol. The molecule has 1 heterocycles. The highest BCUT2D eigenvalue weighted by atomic mass is 79.9. The molecule has 0 fully saturated rings. The molecule has 20 heavy (non-hydrogen) atoms. The van der Waals surface area contributed by atoms with Crippen LogP contribution in [0.1, 0.15) is 16.1 Å². The number of nitrogen functional groups attached to an aromatic ring is 1. The lowest BCUT2D eigenvalue weighted by molar-refractivity contribution is -0.138. The van der Waals surface area contributed by atoms with Crippen LogP contribution >= 0.6 is 15.9 Å². The number of nitrogens with zero attached hydrogens (tertiary/aromatic N) is 1. The van der Waals surface area contributed by atoms with Crippen molar-refractivity contribution in [3.05, 3.63) is 40.1 Å². The van der Waals surface area contributed by atoms with Gasteiger partial charge >= 0.3 is 6.18 Å². The molecule has 106 valence electrons. The Morgan fingerprint density at radius 1 is 1.40 bits per heavy atom. The molecule has 0 unspecified atom stereocenters. The normalized spacial score (nSPS) is 11.4. The third-order valence-corrected chi connectivity index (χ3v) is 3.06. The lowest BCUT2D eigenvalue weighted by Gasteiger charge is -2.11. The fourth-order valence-corrected chi connectivity index (χ4v) is 1.94. The average molecular weight is 349 g/mol. The van der Waals surface area contributed by atoms with Gasteiger partial charge in [-0.15, -0.1) is 0 Å². The molecule has 4 N–H and O–H groups in total. The van der Waals surface area contributed by atoms with E-state index >= 15 is 0 Å². The zero-order valence-electron chi connectivity index (χ0n) is 9.75. The van der Waals surface area contributed by atoms with Gasteiger partial charge in [-0.05, 0) is 18.2 Å². The minimum Gasteiger partial charge on any atom is -0.369 e. The van der Waals surface area contributed by atoms with Crippen LogP contribution in [0.15, 0.2) is 28.9 Å². The number of carbonyl (C=O) groups is 1. The van der Waals surface area contributed by atoms with E-state index in [9.17, 15) is 18.0 Å². The molecule has 0 saturated heterocycles. The molecule has 1 aromatic heterocycles. The van der Waals surface area contributed by atoms with Crippen molar-refractivity contribution >= 4 is 33.5 Å². The molecule has 9 heteroatoms. The van der Waals surface area contributed by atoms with E-state index in [2.05, 4.69) is 31.2 Å². The van der Waals surface area contributed by atoms with Crippen LogP contribution in [0.4, 0.5) is 24.8 Å². The summed E-state index contributed by atoms with van der Waals surface area (Å²) in [5.74, 6) is -0.591. The first-order chi connectivity index (χ1) is 9.27. The van der Waals surface area contributed by atoms with E-state index in [0.717, 1.165) is 6.07 Å². The van der Waals surface area contributed by atoms with Crippen molar-refractivity contribution in [3.8, 4) is 0 Å². The Morgan fingerprint density at radius 3 is 2.65 bits per heavy atom. The number of halogens is 4. The smallest absolute Gasteiger partial charge is 0.369 e. The van der Waals surface area contributed by atoms with Crippen molar-refractivity contribution < 1.29 is 18.0 Å². The standard InChI is InChI=1S/C11H8BrF3N4O/c12-7-2-1-5(3-6(7)11(13,14)15)18-9(20)8-4-17-10(16)19-8/h1-4H,(H,18,20)(H3,16,17,19). The molecule has 0 saturated carbocycles. The predicted octanol–water partition coefficient (Wildman–Crippen LogP) is 3.03. The number of anilines is 2. The molecule has 0 radical (unpaired) electrons. The van der Waals surface area contributed by atoms with Crippen LogP contribution in [-0.4, -0.2) is 15.9 Å². The number of alkyl halides is 3. The SMILES string of the molecule is Nc1ncc(C(=O)Nc2ccc(Br)c(C(F)(F)F)c2)[nH]1. The van der Waals surface area contributed by atoms with Gasteiger partial charge in [0.1, 0.15) is 5.69 Å². The van der Waals surface area contributed by atoms with Crippen LogP contribution in [0, 0.1) is 0 Å². The van der Waals surface area contributed by atoms with Crippen LogP contribution in [0.2, 0.25) is 0 Å². The number of amides is 1. The van der Waals surface area contributed by atoms with Gasteiger partial charge in [-0.3, -0.25) is 4.79 Å². The Hall–Kier alpha value is -2.03. The van der Waals surface area contributed by atoms with E-state index < -0.39 is 17.6 Å². The molecule has 0 aliphatic heterocycles. The number of imidazole rings is 1. The molecular weight excluding hydrogens is 341 g/mol. The van der Waals surface area contributed by atoms with Crippen LogP contribution in [0.5, 0.6) is 0 Å². The summed E-state index contributed by atoms with van der Waals surface area (Å²) in [6.07, 6.45) is -3.33. The van der Waals surface area contributed by atoms with Crippen molar-refractivity contribution in [3.63, 3.8) is 0 Å². The fraction of sp³-hybridized carbons (Fsp3) is 0.0909. The van der Waals surface area contributed by atoms with Crippen molar-refractivity contribution in [1.82, 2.24) is 9.97 Å². The summed E-state index contributed by atoms with van der Waals surface area (Å²) in [6.45, 7) is 0. The van der Waals surface area contributed by atoms with E-state index in [1.54, 1.807) is 0 Å². The number of aromatic nitrogens is 2. The number of nitrogens with two attached hydrogens (primary N) is 1. The quantitative estimate of drug-likeness (QED) is 0.779. The average Bonchev–Trinajstić information content (AvgIpc) is 2.77. The monoisotopic (exact) mass is 348 g/mol. The summed E-state index contributed by atoms with van der Waals surface area (Å²) in [5.41, 5.74) is 4.50. The summed E-state index contributed by atoms with van der Waals surface area (Å²) in [5, 5.41) is 2.32. The maximum atomic E-state index is 12.7. The second-order valence-electron chi connectivity index (χ2n) is 3.83. The number of carbonyl (C=O) groups excluding carboxylic acids is 1. The van der Waals surface area contributed by atoms with Gasteiger partial charge in [-0.25, -0.2) is 4.98 Å². The highest BCUT2D eigenvalue weighted by Crippen LogP contribution is 2.36. The molecule has 0 aliphatic carbocycles. The molecule has 0 atom stereocenters. The second-order valence-corrected chi connectivity index (χ2v) is 4.68. The zero-order valence-corrected chi connectivity index (χ0v) is 11.3. The Bertz CT molecular complexity index is 653. The van der Waals surface area contributed by atoms with Crippen LogP contribution in [0.25, 0.3) is 0 Å². The third-order valence-electron chi connectivity index (χ3n) is 2.37. The lowest BCUT2D eigenvalue weighted by Crippen LogP contribution is -2.14. The number of H-pyrrole nitrogens is 1. The van der Waals surface area contributed by atoms with Gasteiger partial charge in [-0.1, -0.05) is 15.9 Å². The van der Waals surface area contributed by atoms with Crippen molar-refractivity contribution in [2.75, 3.05) is 11.1 Å². The Balaban J connectivity index is 2.24. The fourth-order valence-electron chi connectivity index (χ4n) is 1.47. The highest BCUT2D eigenvalue weighted by molar-refractivity contribution is 9.10. The first-order valence-corrected chi connectivity index (χ1v) is 6.05. The second kappa shape index (κ2) is 5.16. The van der Waals surface area contributed by atoms with Crippen molar-refractivity contribution in [2.24, 2.45) is 0 Å². The van der Waals surface area contributed by atoms with Gasteiger partial charge in [0.2, 0.25) is 0 Å². The number of hydrogen-bond donors (Lipinski definition) is 3. The minimum atomic E-state index is -4.52. The third kappa shape index (κ3) is 3.10. The van der Waals surface area contributed by atoms with Gasteiger partial charge < -0.3 is 16.0 Å². The van der Waals surface area contributed by atoms with Crippen molar-refractivity contribution in [2.45, 2.75) is 6.18 Å². The zero-order chi connectivity index (χ0) is 14.9. The largest absolute Gasteiger partial charge is 0.417 e.